The maximum Gasteiger partial charge on any atom is 0.241 e. The summed E-state index contributed by atoms with van der Waals surface area (Å²) in [6.07, 6.45) is 2.65. The molecule has 0 amide bonds. The van der Waals surface area contributed by atoms with Crippen LogP contribution >= 0.6 is 0 Å². The molecule has 1 unspecified atom stereocenters. The van der Waals surface area contributed by atoms with E-state index in [4.69, 9.17) is 11.0 Å². The number of aryl methyl sites for hydroxylation is 1. The molecule has 0 aromatic heterocycles. The van der Waals surface area contributed by atoms with Gasteiger partial charge in [0, 0.05) is 12.6 Å². The van der Waals surface area contributed by atoms with Crippen molar-refractivity contribution in [1.29, 1.82) is 5.26 Å². The number of sulfonamides is 1. The van der Waals surface area contributed by atoms with Crippen LogP contribution in [0.2, 0.25) is 0 Å². The minimum atomic E-state index is -3.60. The number of nitrogens with zero attached hydrogens (tertiary/aromatic N) is 1. The topological polar surface area (TPSA) is 96.0 Å². The third-order valence-corrected chi connectivity index (χ3v) is 4.79. The minimum Gasteiger partial charge on any atom is -0.329 e. The molecule has 5 nitrogen and oxygen atoms in total. The lowest BCUT2D eigenvalue weighted by Crippen LogP contribution is -2.40. The molecule has 0 radical (unpaired) electrons. The lowest BCUT2D eigenvalue weighted by atomic mass is 10.1. The molecule has 1 aromatic carbocycles. The molecule has 20 heavy (non-hydrogen) atoms. The number of nitrogens with one attached hydrogen (secondary N) is 1. The lowest BCUT2D eigenvalue weighted by Gasteiger charge is -2.17. The van der Waals surface area contributed by atoms with E-state index in [2.05, 4.69) is 4.72 Å². The average molecular weight is 295 g/mol. The van der Waals surface area contributed by atoms with Gasteiger partial charge in [-0.05, 0) is 37.1 Å². The summed E-state index contributed by atoms with van der Waals surface area (Å²) in [5, 5.41) is 8.80. The first-order valence-corrected chi connectivity index (χ1v) is 8.16. The van der Waals surface area contributed by atoms with Gasteiger partial charge in [-0.3, -0.25) is 0 Å². The molecule has 6 heteroatoms. The second kappa shape index (κ2) is 7.39. The number of hydrogen-bond acceptors (Lipinski definition) is 4. The van der Waals surface area contributed by atoms with Crippen LogP contribution in [0.25, 0.3) is 0 Å². The second-order valence-electron chi connectivity index (χ2n) is 4.79. The van der Waals surface area contributed by atoms with Crippen LogP contribution in [-0.2, 0) is 10.0 Å². The van der Waals surface area contributed by atoms with Gasteiger partial charge in [0.25, 0.3) is 0 Å². The molecular weight excluding hydrogens is 274 g/mol. The largest absolute Gasteiger partial charge is 0.329 e. The van der Waals surface area contributed by atoms with Crippen LogP contribution in [0.15, 0.2) is 23.1 Å². The molecule has 1 aromatic rings. The Balaban J connectivity index is 2.96. The zero-order valence-corrected chi connectivity index (χ0v) is 12.7. The fourth-order valence-electron chi connectivity index (χ4n) is 1.98. The molecule has 0 fully saturated rings. The molecule has 0 bridgehead atoms. The number of unbranched alkanes of at least 4 members (excludes halogenated alkanes) is 1. The van der Waals surface area contributed by atoms with Gasteiger partial charge < -0.3 is 5.73 Å². The summed E-state index contributed by atoms with van der Waals surface area (Å²) in [6, 6.07) is 6.27. The van der Waals surface area contributed by atoms with E-state index in [1.807, 2.05) is 13.0 Å². The van der Waals surface area contributed by atoms with E-state index < -0.39 is 10.0 Å². The molecule has 0 spiro atoms. The molecule has 1 atom stereocenters. The van der Waals surface area contributed by atoms with Crippen molar-refractivity contribution in [3.8, 4) is 6.07 Å². The first-order chi connectivity index (χ1) is 9.44. The van der Waals surface area contributed by atoms with Gasteiger partial charge in [0.05, 0.1) is 16.5 Å². The molecule has 1 rings (SSSR count). The first kappa shape index (κ1) is 16.6. The van der Waals surface area contributed by atoms with E-state index in [1.54, 1.807) is 13.0 Å². The molecule has 0 saturated heterocycles. The van der Waals surface area contributed by atoms with Gasteiger partial charge in [0.15, 0.2) is 0 Å². The zero-order chi connectivity index (χ0) is 15.2. The molecule has 3 N–H and O–H groups in total. The highest BCUT2D eigenvalue weighted by atomic mass is 32.2. The molecule has 0 heterocycles. The molecular formula is C14H21N3O2S. The third kappa shape index (κ3) is 4.30. The van der Waals surface area contributed by atoms with Gasteiger partial charge in [-0.25, -0.2) is 13.1 Å². The zero-order valence-electron chi connectivity index (χ0n) is 11.9. The highest BCUT2D eigenvalue weighted by molar-refractivity contribution is 7.89. The SMILES string of the molecule is CCCCC(CN)NS(=O)(=O)c1ccc(C#N)cc1C. The van der Waals surface area contributed by atoms with E-state index in [0.717, 1.165) is 19.3 Å². The Bertz CT molecular complexity index is 591. The van der Waals surface area contributed by atoms with E-state index in [1.165, 1.54) is 12.1 Å². The van der Waals surface area contributed by atoms with Crippen LogP contribution in [0.4, 0.5) is 0 Å². The minimum absolute atomic E-state index is 0.200. The highest BCUT2D eigenvalue weighted by Gasteiger charge is 2.20. The van der Waals surface area contributed by atoms with Gasteiger partial charge in [-0.15, -0.1) is 0 Å². The van der Waals surface area contributed by atoms with Crippen molar-refractivity contribution in [3.63, 3.8) is 0 Å². The number of rotatable bonds is 7. The Labute approximate surface area is 120 Å². The molecule has 0 aliphatic carbocycles. The van der Waals surface area contributed by atoms with Crippen molar-refractivity contribution in [2.24, 2.45) is 5.73 Å². The summed E-state index contributed by atoms with van der Waals surface area (Å²) in [4.78, 5) is 0.200. The van der Waals surface area contributed by atoms with Crippen LogP contribution in [0.5, 0.6) is 0 Å². The maximum atomic E-state index is 12.3. The Kier molecular flexibility index (Phi) is 6.14. The average Bonchev–Trinajstić information content (AvgIpc) is 2.42. The van der Waals surface area contributed by atoms with Gasteiger partial charge in [0.2, 0.25) is 10.0 Å². The van der Waals surface area contributed by atoms with Gasteiger partial charge in [-0.2, -0.15) is 5.26 Å². The van der Waals surface area contributed by atoms with E-state index in [0.29, 0.717) is 11.1 Å². The summed E-state index contributed by atoms with van der Waals surface area (Å²) in [5.41, 5.74) is 6.62. The highest BCUT2D eigenvalue weighted by Crippen LogP contribution is 2.17. The van der Waals surface area contributed by atoms with Crippen LogP contribution in [-0.4, -0.2) is 21.0 Å². The Morgan fingerprint density at radius 3 is 2.65 bits per heavy atom. The Morgan fingerprint density at radius 2 is 2.15 bits per heavy atom. The van der Waals surface area contributed by atoms with Crippen LogP contribution in [0.3, 0.4) is 0 Å². The quantitative estimate of drug-likeness (QED) is 0.799. The predicted molar refractivity (Wildman–Crippen MR) is 78.6 cm³/mol. The standard InChI is InChI=1S/C14H21N3O2S/c1-3-4-5-13(10-16)17-20(18,19)14-7-6-12(9-15)8-11(14)2/h6-8,13,17H,3-5,10,16H2,1-2H3. The van der Waals surface area contributed by atoms with Crippen LogP contribution < -0.4 is 10.5 Å². The van der Waals surface area contributed by atoms with Crippen molar-refractivity contribution in [2.45, 2.75) is 44.0 Å². The molecule has 0 aliphatic rings. The van der Waals surface area contributed by atoms with Gasteiger partial charge in [-0.1, -0.05) is 19.8 Å². The second-order valence-corrected chi connectivity index (χ2v) is 6.47. The van der Waals surface area contributed by atoms with E-state index in [-0.39, 0.29) is 17.5 Å². The van der Waals surface area contributed by atoms with E-state index in [9.17, 15) is 8.42 Å². The van der Waals surface area contributed by atoms with Gasteiger partial charge in [0.1, 0.15) is 0 Å². The van der Waals surface area contributed by atoms with E-state index >= 15 is 0 Å². The number of nitrogens with two attached hydrogens (primary N) is 1. The fourth-order valence-corrected chi connectivity index (χ4v) is 3.49. The summed E-state index contributed by atoms with van der Waals surface area (Å²) >= 11 is 0. The monoisotopic (exact) mass is 295 g/mol. The number of benzene rings is 1. The van der Waals surface area contributed by atoms with Crippen molar-refractivity contribution in [3.05, 3.63) is 29.3 Å². The van der Waals surface area contributed by atoms with Crippen molar-refractivity contribution < 1.29 is 8.42 Å². The number of nitriles is 1. The first-order valence-electron chi connectivity index (χ1n) is 6.67. The molecule has 0 saturated carbocycles. The Morgan fingerprint density at radius 1 is 1.45 bits per heavy atom. The summed E-state index contributed by atoms with van der Waals surface area (Å²) < 4.78 is 27.3. The third-order valence-electron chi connectivity index (χ3n) is 3.11. The fraction of sp³-hybridized carbons (Fsp3) is 0.500. The molecule has 110 valence electrons. The summed E-state index contributed by atoms with van der Waals surface area (Å²) in [6.45, 7) is 4.00. The van der Waals surface area contributed by atoms with Crippen molar-refractivity contribution in [1.82, 2.24) is 4.72 Å². The van der Waals surface area contributed by atoms with Crippen molar-refractivity contribution >= 4 is 10.0 Å². The Hall–Kier alpha value is -1.42. The van der Waals surface area contributed by atoms with Crippen molar-refractivity contribution in [2.75, 3.05) is 6.54 Å². The maximum absolute atomic E-state index is 12.3. The normalized spacial score (nSPS) is 12.9. The van der Waals surface area contributed by atoms with Crippen LogP contribution in [0, 0.1) is 18.3 Å². The molecule has 0 aliphatic heterocycles. The lowest BCUT2D eigenvalue weighted by molar-refractivity contribution is 0.516. The summed E-state index contributed by atoms with van der Waals surface area (Å²) in [5.74, 6) is 0. The van der Waals surface area contributed by atoms with Gasteiger partial charge >= 0.3 is 0 Å². The predicted octanol–water partition coefficient (Wildman–Crippen LogP) is 1.66. The summed E-state index contributed by atoms with van der Waals surface area (Å²) in [7, 11) is -3.60. The smallest absolute Gasteiger partial charge is 0.241 e. The van der Waals surface area contributed by atoms with Crippen LogP contribution in [0.1, 0.15) is 37.3 Å². The number of hydrogen-bond donors (Lipinski definition) is 2.